The molecule has 7 nitrogen and oxygen atoms in total. The summed E-state index contributed by atoms with van der Waals surface area (Å²) in [6.45, 7) is 7.95. The monoisotopic (exact) mass is 596 g/mol. The Balaban J connectivity index is 1.31. The van der Waals surface area contributed by atoms with E-state index in [0.717, 1.165) is 66.5 Å². The van der Waals surface area contributed by atoms with Gasteiger partial charge < -0.3 is 16.0 Å². The maximum atomic E-state index is 14.3. The molecule has 0 aromatic heterocycles. The highest BCUT2D eigenvalue weighted by Crippen LogP contribution is 2.39. The molecule has 2 fully saturated rings. The van der Waals surface area contributed by atoms with Gasteiger partial charge in [0.2, 0.25) is 15.8 Å². The van der Waals surface area contributed by atoms with Crippen molar-refractivity contribution in [3.05, 3.63) is 56.6 Å². The Morgan fingerprint density at radius 2 is 1.80 bits per heavy atom. The van der Waals surface area contributed by atoms with Gasteiger partial charge in [-0.15, -0.1) is 0 Å². The van der Waals surface area contributed by atoms with Crippen LogP contribution in [0.2, 0.25) is 0 Å². The average Bonchev–Trinajstić information content (AvgIpc) is 3.73. The molecule has 2 heterocycles. The lowest BCUT2D eigenvalue weighted by Gasteiger charge is -2.34. The van der Waals surface area contributed by atoms with Crippen molar-refractivity contribution in [1.82, 2.24) is 14.5 Å². The predicted molar refractivity (Wildman–Crippen MR) is 157 cm³/mol. The molecule has 0 atom stereocenters. The predicted octanol–water partition coefficient (Wildman–Crippen LogP) is 4.97. The Morgan fingerprint density at radius 3 is 2.40 bits per heavy atom. The second-order valence-corrected chi connectivity index (χ2v) is 14.2. The fraction of sp³-hybridized carbons (Fsp3) is 0.621. The van der Waals surface area contributed by atoms with Crippen LogP contribution in [0.5, 0.6) is 0 Å². The molecule has 1 aromatic rings. The molecule has 40 heavy (non-hydrogen) atoms. The Kier molecular flexibility index (Phi) is 10.7. The minimum Gasteiger partial charge on any atom is -0.401 e. The molecule has 0 amide bonds. The highest BCUT2D eigenvalue weighted by Gasteiger charge is 2.32. The summed E-state index contributed by atoms with van der Waals surface area (Å²) in [5.41, 5.74) is 6.92. The van der Waals surface area contributed by atoms with Gasteiger partial charge in [-0.25, -0.2) is 21.5 Å². The van der Waals surface area contributed by atoms with Crippen molar-refractivity contribution in [1.29, 1.82) is 0 Å². The zero-order chi connectivity index (χ0) is 28.9. The van der Waals surface area contributed by atoms with E-state index in [1.54, 1.807) is 4.31 Å². The van der Waals surface area contributed by atoms with E-state index in [-0.39, 0.29) is 16.7 Å². The fourth-order valence-electron chi connectivity index (χ4n) is 5.41. The van der Waals surface area contributed by atoms with E-state index in [9.17, 15) is 22.0 Å². The normalized spacial score (nSPS) is 19.5. The third-order valence-electron chi connectivity index (χ3n) is 7.86. The summed E-state index contributed by atoms with van der Waals surface area (Å²) in [7, 11) is -3.32. The number of Topliss-reactive ketones (excluding diaryl/α,β-unsaturated/α-hetero) is 1. The summed E-state index contributed by atoms with van der Waals surface area (Å²) < 4.78 is 56.3. The van der Waals surface area contributed by atoms with Crippen LogP contribution in [0.25, 0.3) is 0 Å². The number of sulfonamides is 1. The lowest BCUT2D eigenvalue weighted by molar-refractivity contribution is 0.103. The van der Waals surface area contributed by atoms with E-state index in [2.05, 4.69) is 17.1 Å². The first-order valence-electron chi connectivity index (χ1n) is 14.5. The van der Waals surface area contributed by atoms with Crippen LogP contribution in [0.15, 0.2) is 39.4 Å². The number of piperidine rings is 1. The van der Waals surface area contributed by atoms with Crippen LogP contribution in [0, 0.1) is 17.6 Å². The van der Waals surface area contributed by atoms with Gasteiger partial charge in [-0.2, -0.15) is 0 Å². The maximum Gasteiger partial charge on any atom is 0.214 e. The minimum absolute atomic E-state index is 0.0231. The first kappa shape index (κ1) is 31.0. The quantitative estimate of drug-likeness (QED) is 0.293. The second kappa shape index (κ2) is 13.8. The molecule has 1 saturated heterocycles. The number of thioether (sulfide) groups is 1. The van der Waals surface area contributed by atoms with E-state index >= 15 is 0 Å². The molecular formula is C29H42F2N4O3S2. The molecule has 3 aliphatic rings. The maximum absolute atomic E-state index is 14.3. The second-order valence-electron chi connectivity index (χ2n) is 11.1. The van der Waals surface area contributed by atoms with E-state index in [4.69, 9.17) is 5.73 Å². The van der Waals surface area contributed by atoms with Crippen molar-refractivity contribution in [2.75, 3.05) is 38.5 Å². The summed E-state index contributed by atoms with van der Waals surface area (Å²) in [6, 6.07) is 3.36. The third-order valence-corrected chi connectivity index (χ3v) is 11.1. The summed E-state index contributed by atoms with van der Waals surface area (Å²) in [5, 5.41) is 4.27. The number of carbonyl (C=O) groups is 1. The van der Waals surface area contributed by atoms with Gasteiger partial charge in [0.15, 0.2) is 0 Å². The van der Waals surface area contributed by atoms with Gasteiger partial charge in [-0.1, -0.05) is 31.7 Å². The van der Waals surface area contributed by atoms with Crippen LogP contribution in [0.1, 0.15) is 75.6 Å². The first-order chi connectivity index (χ1) is 19.1. The molecule has 2 aliphatic heterocycles. The lowest BCUT2D eigenvalue weighted by Crippen LogP contribution is -2.45. The van der Waals surface area contributed by atoms with Gasteiger partial charge in [-0.3, -0.25) is 4.79 Å². The third kappa shape index (κ3) is 7.86. The molecule has 11 heteroatoms. The molecule has 3 N–H and O–H groups in total. The van der Waals surface area contributed by atoms with Crippen LogP contribution < -0.4 is 11.1 Å². The topological polar surface area (TPSA) is 95.7 Å². The highest BCUT2D eigenvalue weighted by molar-refractivity contribution is 8.07. The number of rotatable bonds is 14. The van der Waals surface area contributed by atoms with Crippen LogP contribution >= 0.6 is 11.8 Å². The van der Waals surface area contributed by atoms with Crippen molar-refractivity contribution in [2.45, 2.75) is 71.3 Å². The first-order valence-corrected chi connectivity index (χ1v) is 16.9. The number of hydrogen-bond acceptors (Lipinski definition) is 7. The number of nitrogens with two attached hydrogens (primary N) is 1. The van der Waals surface area contributed by atoms with Gasteiger partial charge in [0.25, 0.3) is 0 Å². The standard InChI is InChI=1S/C29H42F2N4O3S2/c1-3-13-34(19-20-9-10-20)14-6-17-40(37,38)35-15-11-22(12-16-35)33-29-21(4-2)18-25(32)28(39-29)27(36)26-23(30)7-5-8-24(26)31/h5,7-8,20,22,33H,3-4,6,9-19,32H2,1-2H3. The van der Waals surface area contributed by atoms with E-state index < -0.39 is 33.0 Å². The number of nitrogens with zero attached hydrogens (tertiary/aromatic N) is 2. The molecule has 1 aliphatic carbocycles. The van der Waals surface area contributed by atoms with Gasteiger partial charge in [0, 0.05) is 37.8 Å². The Bertz CT molecular complexity index is 1220. The summed E-state index contributed by atoms with van der Waals surface area (Å²) >= 11 is 1.12. The molecular weight excluding hydrogens is 554 g/mol. The highest BCUT2D eigenvalue weighted by atomic mass is 32.2. The molecule has 222 valence electrons. The van der Waals surface area contributed by atoms with Gasteiger partial charge in [0.1, 0.15) is 11.6 Å². The van der Waals surface area contributed by atoms with E-state index in [0.29, 0.717) is 50.9 Å². The molecule has 0 bridgehead atoms. The number of nitrogens with one attached hydrogen (secondary N) is 1. The van der Waals surface area contributed by atoms with Crippen LogP contribution in [0.4, 0.5) is 8.78 Å². The number of benzene rings is 1. The molecule has 1 aromatic carbocycles. The Labute approximate surface area is 241 Å². The van der Waals surface area contributed by atoms with Crippen molar-refractivity contribution < 1.29 is 22.0 Å². The number of halogens is 2. The molecule has 1 saturated carbocycles. The van der Waals surface area contributed by atoms with Crippen LogP contribution in [-0.4, -0.2) is 67.9 Å². The van der Waals surface area contributed by atoms with E-state index in [1.165, 1.54) is 18.9 Å². The van der Waals surface area contributed by atoms with Crippen molar-refractivity contribution in [3.63, 3.8) is 0 Å². The number of ketones is 1. The molecule has 0 radical (unpaired) electrons. The summed E-state index contributed by atoms with van der Waals surface area (Å²) in [5.74, 6) is -1.63. The Morgan fingerprint density at radius 1 is 1.12 bits per heavy atom. The number of allylic oxidation sites excluding steroid dienone is 2. The zero-order valence-corrected chi connectivity index (χ0v) is 25.2. The van der Waals surface area contributed by atoms with Crippen molar-refractivity contribution >= 4 is 27.6 Å². The Hall–Kier alpha value is -1.95. The van der Waals surface area contributed by atoms with Crippen molar-refractivity contribution in [2.24, 2.45) is 11.7 Å². The molecule has 4 rings (SSSR count). The summed E-state index contributed by atoms with van der Waals surface area (Å²) in [4.78, 5) is 15.6. The summed E-state index contributed by atoms with van der Waals surface area (Å²) in [6.07, 6.45) is 6.61. The number of hydrogen-bond donors (Lipinski definition) is 2. The lowest BCUT2D eigenvalue weighted by atomic mass is 10.0. The molecule has 0 spiro atoms. The number of carbonyl (C=O) groups excluding carboxylic acids is 1. The molecule has 0 unspecified atom stereocenters. The van der Waals surface area contributed by atoms with Gasteiger partial charge in [-0.05, 0) is 81.7 Å². The minimum atomic E-state index is -3.32. The average molecular weight is 597 g/mol. The van der Waals surface area contributed by atoms with Gasteiger partial charge in [0.05, 0.1) is 21.3 Å². The van der Waals surface area contributed by atoms with E-state index in [1.807, 2.05) is 6.92 Å². The zero-order valence-electron chi connectivity index (χ0n) is 23.6. The van der Waals surface area contributed by atoms with Crippen LogP contribution in [-0.2, 0) is 10.0 Å². The largest absolute Gasteiger partial charge is 0.401 e. The van der Waals surface area contributed by atoms with Gasteiger partial charge >= 0.3 is 0 Å². The fourth-order valence-corrected chi connectivity index (χ4v) is 8.12. The smallest absolute Gasteiger partial charge is 0.214 e. The van der Waals surface area contributed by atoms with Crippen molar-refractivity contribution in [3.8, 4) is 0 Å². The SMILES string of the molecule is CCCN(CCCS(=O)(=O)N1CCC(NC2=C(CC)CC(N)=C(C(=O)c3c(F)cccc3F)S2)CC1)CC1CC1. The van der Waals surface area contributed by atoms with Crippen LogP contribution in [0.3, 0.4) is 0 Å².